The molecular formula is C16H17ClFN5O. The Kier molecular flexibility index (Phi) is 4.92. The molecule has 1 N–H and O–H groups in total. The number of carbonyl (C=O) groups excluding carboxylic acids is 1. The number of anilines is 2. The van der Waals surface area contributed by atoms with Crippen LogP contribution in [0.3, 0.4) is 0 Å². The van der Waals surface area contributed by atoms with Crippen molar-refractivity contribution in [2.24, 2.45) is 0 Å². The fraction of sp³-hybridized carbons (Fsp3) is 0.312. The number of amides is 1. The van der Waals surface area contributed by atoms with Gasteiger partial charge in [0.05, 0.1) is 10.6 Å². The largest absolute Gasteiger partial charge is 0.338 e. The van der Waals surface area contributed by atoms with Crippen molar-refractivity contribution in [2.75, 3.05) is 43.4 Å². The first-order valence-electron chi connectivity index (χ1n) is 7.55. The number of halogens is 2. The molecule has 1 fully saturated rings. The van der Waals surface area contributed by atoms with Crippen LogP contribution in [0.15, 0.2) is 30.6 Å². The third kappa shape index (κ3) is 3.80. The SMILES string of the molecule is CN1CCN(c2ncc(C(=O)Nc3ccc(F)c(Cl)c3)cn2)CC1. The zero-order valence-electron chi connectivity index (χ0n) is 13.2. The Balaban J connectivity index is 1.66. The van der Waals surface area contributed by atoms with Crippen molar-refractivity contribution in [1.82, 2.24) is 14.9 Å². The molecule has 1 amide bonds. The molecule has 1 saturated heterocycles. The Morgan fingerprint density at radius 3 is 2.50 bits per heavy atom. The lowest BCUT2D eigenvalue weighted by molar-refractivity contribution is 0.102. The molecule has 6 nitrogen and oxygen atoms in total. The van der Waals surface area contributed by atoms with Crippen LogP contribution in [-0.4, -0.2) is 54.0 Å². The highest BCUT2D eigenvalue weighted by atomic mass is 35.5. The van der Waals surface area contributed by atoms with E-state index in [1.54, 1.807) is 0 Å². The number of benzene rings is 1. The molecule has 2 aromatic rings. The zero-order valence-corrected chi connectivity index (χ0v) is 13.9. The minimum absolute atomic E-state index is 0.0468. The fourth-order valence-electron chi connectivity index (χ4n) is 2.39. The van der Waals surface area contributed by atoms with Crippen molar-refractivity contribution in [2.45, 2.75) is 0 Å². The topological polar surface area (TPSA) is 61.4 Å². The number of carbonyl (C=O) groups is 1. The second-order valence-corrected chi connectivity index (χ2v) is 6.05. The Morgan fingerprint density at radius 2 is 1.88 bits per heavy atom. The first-order chi connectivity index (χ1) is 11.5. The molecule has 0 unspecified atom stereocenters. The van der Waals surface area contributed by atoms with Gasteiger partial charge in [0.2, 0.25) is 5.95 Å². The molecule has 0 saturated carbocycles. The van der Waals surface area contributed by atoms with Gasteiger partial charge in [0, 0.05) is 44.3 Å². The van der Waals surface area contributed by atoms with Gasteiger partial charge >= 0.3 is 0 Å². The van der Waals surface area contributed by atoms with Crippen LogP contribution in [0.4, 0.5) is 16.0 Å². The van der Waals surface area contributed by atoms with Crippen molar-refractivity contribution in [3.8, 4) is 0 Å². The number of aromatic nitrogens is 2. The monoisotopic (exact) mass is 349 g/mol. The van der Waals surface area contributed by atoms with Gasteiger partial charge < -0.3 is 15.1 Å². The van der Waals surface area contributed by atoms with Crippen LogP contribution in [0.5, 0.6) is 0 Å². The van der Waals surface area contributed by atoms with E-state index in [-0.39, 0.29) is 10.9 Å². The lowest BCUT2D eigenvalue weighted by atomic mass is 10.2. The van der Waals surface area contributed by atoms with E-state index in [1.165, 1.54) is 30.6 Å². The van der Waals surface area contributed by atoms with Crippen LogP contribution in [-0.2, 0) is 0 Å². The van der Waals surface area contributed by atoms with Crippen molar-refractivity contribution in [1.29, 1.82) is 0 Å². The van der Waals surface area contributed by atoms with E-state index in [9.17, 15) is 9.18 Å². The average molecular weight is 350 g/mol. The highest BCUT2D eigenvalue weighted by Crippen LogP contribution is 2.20. The van der Waals surface area contributed by atoms with Gasteiger partial charge in [0.1, 0.15) is 5.82 Å². The molecule has 0 bridgehead atoms. The summed E-state index contributed by atoms with van der Waals surface area (Å²) >= 11 is 5.70. The van der Waals surface area contributed by atoms with E-state index in [0.717, 1.165) is 26.2 Å². The number of rotatable bonds is 3. The van der Waals surface area contributed by atoms with Crippen molar-refractivity contribution >= 4 is 29.1 Å². The molecule has 2 heterocycles. The maximum Gasteiger partial charge on any atom is 0.258 e. The summed E-state index contributed by atoms with van der Waals surface area (Å²) in [7, 11) is 2.08. The number of piperazine rings is 1. The molecule has 24 heavy (non-hydrogen) atoms. The van der Waals surface area contributed by atoms with Crippen LogP contribution in [0.2, 0.25) is 5.02 Å². The smallest absolute Gasteiger partial charge is 0.258 e. The highest BCUT2D eigenvalue weighted by molar-refractivity contribution is 6.31. The molecule has 8 heteroatoms. The van der Waals surface area contributed by atoms with Gasteiger partial charge in [-0.25, -0.2) is 14.4 Å². The molecule has 1 aromatic carbocycles. The standard InChI is InChI=1S/C16H17ClFN5O/c1-22-4-6-23(7-5-22)16-19-9-11(10-20-16)15(24)21-12-2-3-14(18)13(17)8-12/h2-3,8-10H,4-7H2,1H3,(H,21,24). The normalized spacial score (nSPS) is 15.4. The lowest BCUT2D eigenvalue weighted by Gasteiger charge is -2.32. The first kappa shape index (κ1) is 16.6. The van der Waals surface area contributed by atoms with Crippen molar-refractivity contribution < 1.29 is 9.18 Å². The van der Waals surface area contributed by atoms with Gasteiger partial charge in [-0.2, -0.15) is 0 Å². The molecule has 0 radical (unpaired) electrons. The predicted molar refractivity (Wildman–Crippen MR) is 91.1 cm³/mol. The van der Waals surface area contributed by atoms with Gasteiger partial charge in [-0.3, -0.25) is 4.79 Å². The quantitative estimate of drug-likeness (QED) is 0.921. The summed E-state index contributed by atoms with van der Waals surface area (Å²) in [6.07, 6.45) is 2.97. The summed E-state index contributed by atoms with van der Waals surface area (Å²) < 4.78 is 13.1. The minimum atomic E-state index is -0.533. The highest BCUT2D eigenvalue weighted by Gasteiger charge is 2.17. The lowest BCUT2D eigenvalue weighted by Crippen LogP contribution is -2.45. The van der Waals surface area contributed by atoms with E-state index in [2.05, 4.69) is 32.1 Å². The van der Waals surface area contributed by atoms with Crippen molar-refractivity contribution in [3.05, 3.63) is 47.0 Å². The van der Waals surface area contributed by atoms with E-state index in [0.29, 0.717) is 17.2 Å². The number of likely N-dealkylation sites (N-methyl/N-ethyl adjacent to an activating group) is 1. The van der Waals surface area contributed by atoms with Crippen LogP contribution in [0.25, 0.3) is 0 Å². The molecular weight excluding hydrogens is 333 g/mol. The predicted octanol–water partition coefficient (Wildman–Crippen LogP) is 2.27. The first-order valence-corrected chi connectivity index (χ1v) is 7.92. The summed E-state index contributed by atoms with van der Waals surface area (Å²) in [6, 6.07) is 4.00. The maximum atomic E-state index is 13.1. The Labute approximate surface area is 144 Å². The van der Waals surface area contributed by atoms with E-state index < -0.39 is 5.82 Å². The van der Waals surface area contributed by atoms with Gasteiger partial charge in [0.25, 0.3) is 5.91 Å². The second kappa shape index (κ2) is 7.11. The van der Waals surface area contributed by atoms with E-state index in [4.69, 9.17) is 11.6 Å². The van der Waals surface area contributed by atoms with Gasteiger partial charge in [0.15, 0.2) is 0 Å². The Hall–Kier alpha value is -2.25. The number of hydrogen-bond donors (Lipinski definition) is 1. The Bertz CT molecular complexity index is 732. The maximum absolute atomic E-state index is 13.1. The molecule has 1 aliphatic rings. The summed E-state index contributed by atoms with van der Waals surface area (Å²) in [5, 5.41) is 2.59. The van der Waals surface area contributed by atoms with E-state index in [1.807, 2.05) is 0 Å². The minimum Gasteiger partial charge on any atom is -0.338 e. The van der Waals surface area contributed by atoms with Gasteiger partial charge in [-0.1, -0.05) is 11.6 Å². The summed E-state index contributed by atoms with van der Waals surface area (Å²) in [6.45, 7) is 3.63. The molecule has 0 atom stereocenters. The molecule has 1 aliphatic heterocycles. The second-order valence-electron chi connectivity index (χ2n) is 5.65. The summed E-state index contributed by atoms with van der Waals surface area (Å²) in [4.78, 5) is 25.1. The van der Waals surface area contributed by atoms with Crippen LogP contribution < -0.4 is 10.2 Å². The number of nitrogens with zero attached hydrogens (tertiary/aromatic N) is 4. The van der Waals surface area contributed by atoms with E-state index >= 15 is 0 Å². The molecule has 0 aliphatic carbocycles. The molecule has 3 rings (SSSR count). The number of hydrogen-bond acceptors (Lipinski definition) is 5. The van der Waals surface area contributed by atoms with Crippen LogP contribution >= 0.6 is 11.6 Å². The summed E-state index contributed by atoms with van der Waals surface area (Å²) in [5.41, 5.74) is 0.739. The van der Waals surface area contributed by atoms with Gasteiger partial charge in [-0.15, -0.1) is 0 Å². The average Bonchev–Trinajstić information content (AvgIpc) is 2.59. The van der Waals surface area contributed by atoms with Crippen LogP contribution in [0.1, 0.15) is 10.4 Å². The third-order valence-electron chi connectivity index (χ3n) is 3.86. The summed E-state index contributed by atoms with van der Waals surface area (Å²) in [5.74, 6) is -0.290. The Morgan fingerprint density at radius 1 is 1.21 bits per heavy atom. The fourth-order valence-corrected chi connectivity index (χ4v) is 2.57. The number of nitrogens with one attached hydrogen (secondary N) is 1. The molecule has 1 aromatic heterocycles. The third-order valence-corrected chi connectivity index (χ3v) is 4.15. The van der Waals surface area contributed by atoms with Gasteiger partial charge in [-0.05, 0) is 25.2 Å². The van der Waals surface area contributed by atoms with Crippen molar-refractivity contribution in [3.63, 3.8) is 0 Å². The molecule has 126 valence electrons. The zero-order chi connectivity index (χ0) is 17.1. The van der Waals surface area contributed by atoms with Crippen LogP contribution in [0, 0.1) is 5.82 Å². The molecule has 0 spiro atoms.